The van der Waals surface area contributed by atoms with E-state index in [1.807, 2.05) is 60.3 Å². The Kier molecular flexibility index (Phi) is 5.73. The van der Waals surface area contributed by atoms with Crippen LogP contribution in [-0.4, -0.2) is 61.3 Å². The first-order valence-electron chi connectivity index (χ1n) is 8.52. The number of halogens is 1. The minimum absolute atomic E-state index is 0.00129. The summed E-state index contributed by atoms with van der Waals surface area (Å²) in [5, 5.41) is 9.13. The van der Waals surface area contributed by atoms with Crippen LogP contribution in [0.5, 0.6) is 0 Å². The second-order valence-corrected chi connectivity index (χ2v) is 6.72. The van der Waals surface area contributed by atoms with Crippen molar-refractivity contribution in [2.24, 2.45) is 0 Å². The van der Waals surface area contributed by atoms with E-state index in [1.54, 1.807) is 12.2 Å². The van der Waals surface area contributed by atoms with E-state index in [0.717, 1.165) is 30.3 Å². The molecule has 0 aliphatic carbocycles. The summed E-state index contributed by atoms with van der Waals surface area (Å²) >= 11 is 6.11. The molecule has 2 heterocycles. The molecule has 0 bridgehead atoms. The maximum Gasteiger partial charge on any atom is 0.246 e. The number of amides is 1. The SMILES string of the molecule is CN(C)c1ccc(N2CCN(C(=O)/C=C/c3ccccc3Cl)CC2)nn1. The summed E-state index contributed by atoms with van der Waals surface area (Å²) in [5.74, 6) is 1.67. The number of aromatic nitrogens is 2. The normalized spacial score (nSPS) is 14.7. The number of nitrogens with zero attached hydrogens (tertiary/aromatic N) is 5. The molecule has 1 aromatic carbocycles. The molecule has 3 rings (SSSR count). The van der Waals surface area contributed by atoms with E-state index < -0.39 is 0 Å². The first-order chi connectivity index (χ1) is 12.5. The van der Waals surface area contributed by atoms with Crippen molar-refractivity contribution < 1.29 is 4.79 Å². The topological polar surface area (TPSA) is 52.6 Å². The predicted molar refractivity (Wildman–Crippen MR) is 106 cm³/mol. The van der Waals surface area contributed by atoms with Crippen LogP contribution in [0.2, 0.25) is 5.02 Å². The van der Waals surface area contributed by atoms with Crippen molar-refractivity contribution in [2.45, 2.75) is 0 Å². The fraction of sp³-hybridized carbons (Fsp3) is 0.316. The lowest BCUT2D eigenvalue weighted by Crippen LogP contribution is -2.48. The number of anilines is 2. The summed E-state index contributed by atoms with van der Waals surface area (Å²) in [5.41, 5.74) is 0.845. The third-order valence-electron chi connectivity index (χ3n) is 4.32. The van der Waals surface area contributed by atoms with E-state index in [4.69, 9.17) is 11.6 Å². The van der Waals surface area contributed by atoms with Gasteiger partial charge >= 0.3 is 0 Å². The second-order valence-electron chi connectivity index (χ2n) is 6.31. The van der Waals surface area contributed by atoms with Crippen LogP contribution in [0.3, 0.4) is 0 Å². The van der Waals surface area contributed by atoms with Crippen LogP contribution >= 0.6 is 11.6 Å². The highest BCUT2D eigenvalue weighted by Gasteiger charge is 2.20. The maximum absolute atomic E-state index is 12.4. The molecule has 7 heteroatoms. The quantitative estimate of drug-likeness (QED) is 0.773. The van der Waals surface area contributed by atoms with Gasteiger partial charge in [-0.25, -0.2) is 0 Å². The molecule has 0 saturated carbocycles. The monoisotopic (exact) mass is 371 g/mol. The standard InChI is InChI=1S/C19H22ClN5O/c1-23(2)17-8-9-18(22-21-17)24-11-13-25(14-12-24)19(26)10-7-15-5-3-4-6-16(15)20/h3-10H,11-14H2,1-2H3/b10-7+. The van der Waals surface area contributed by atoms with E-state index in [9.17, 15) is 4.79 Å². The molecule has 1 aliphatic rings. The van der Waals surface area contributed by atoms with Crippen LogP contribution < -0.4 is 9.80 Å². The summed E-state index contributed by atoms with van der Waals surface area (Å²) in [4.78, 5) is 18.3. The lowest BCUT2D eigenvalue weighted by Gasteiger charge is -2.34. The van der Waals surface area contributed by atoms with Gasteiger partial charge in [0.2, 0.25) is 5.91 Å². The van der Waals surface area contributed by atoms with Crippen LogP contribution in [0.15, 0.2) is 42.5 Å². The fourth-order valence-electron chi connectivity index (χ4n) is 2.76. The molecule has 0 radical (unpaired) electrons. The van der Waals surface area contributed by atoms with Crippen molar-refractivity contribution in [3.05, 3.63) is 53.1 Å². The molecule has 1 aromatic heterocycles. The molecule has 0 atom stereocenters. The van der Waals surface area contributed by atoms with Crippen LogP contribution in [-0.2, 0) is 4.79 Å². The van der Waals surface area contributed by atoms with Crippen molar-refractivity contribution in [2.75, 3.05) is 50.1 Å². The lowest BCUT2D eigenvalue weighted by molar-refractivity contribution is -0.126. The molecule has 1 amide bonds. The van der Waals surface area contributed by atoms with Crippen molar-refractivity contribution in [3.8, 4) is 0 Å². The Morgan fingerprint density at radius 3 is 2.42 bits per heavy atom. The second kappa shape index (κ2) is 8.19. The Labute approximate surface area is 158 Å². The molecule has 2 aromatic rings. The van der Waals surface area contributed by atoms with Crippen LogP contribution in [0, 0.1) is 0 Å². The summed E-state index contributed by atoms with van der Waals surface area (Å²) in [6.07, 6.45) is 3.35. The summed E-state index contributed by atoms with van der Waals surface area (Å²) in [7, 11) is 3.87. The fourth-order valence-corrected chi connectivity index (χ4v) is 2.96. The van der Waals surface area contributed by atoms with Crippen molar-refractivity contribution in [3.63, 3.8) is 0 Å². The van der Waals surface area contributed by atoms with E-state index >= 15 is 0 Å². The third-order valence-corrected chi connectivity index (χ3v) is 4.66. The largest absolute Gasteiger partial charge is 0.361 e. The molecule has 1 aliphatic heterocycles. The zero-order valence-electron chi connectivity index (χ0n) is 15.0. The number of carbonyl (C=O) groups is 1. The molecule has 0 unspecified atom stereocenters. The molecule has 0 N–H and O–H groups in total. The summed E-state index contributed by atoms with van der Waals surface area (Å²) in [6, 6.07) is 11.4. The van der Waals surface area contributed by atoms with Crippen molar-refractivity contribution in [1.82, 2.24) is 15.1 Å². The van der Waals surface area contributed by atoms with Gasteiger partial charge in [0, 0.05) is 51.4 Å². The minimum Gasteiger partial charge on any atom is -0.361 e. The number of hydrogen-bond acceptors (Lipinski definition) is 5. The smallest absolute Gasteiger partial charge is 0.246 e. The highest BCUT2D eigenvalue weighted by molar-refractivity contribution is 6.32. The average Bonchev–Trinajstić information content (AvgIpc) is 2.67. The van der Waals surface area contributed by atoms with Gasteiger partial charge in [0.25, 0.3) is 0 Å². The lowest BCUT2D eigenvalue weighted by atomic mass is 10.2. The highest BCUT2D eigenvalue weighted by atomic mass is 35.5. The summed E-state index contributed by atoms with van der Waals surface area (Å²) < 4.78 is 0. The Hall–Kier alpha value is -2.60. The number of rotatable bonds is 4. The number of piperazine rings is 1. The summed E-state index contributed by atoms with van der Waals surface area (Å²) in [6.45, 7) is 2.79. The molecule has 6 nitrogen and oxygen atoms in total. The number of hydrogen-bond donors (Lipinski definition) is 0. The molecule has 26 heavy (non-hydrogen) atoms. The number of benzene rings is 1. The molecule has 1 fully saturated rings. The van der Waals surface area contributed by atoms with Crippen molar-refractivity contribution in [1.29, 1.82) is 0 Å². The first kappa shape index (κ1) is 18.2. The van der Waals surface area contributed by atoms with E-state index in [-0.39, 0.29) is 5.91 Å². The number of carbonyl (C=O) groups excluding carboxylic acids is 1. The molecule has 0 spiro atoms. The van der Waals surface area contributed by atoms with E-state index in [2.05, 4.69) is 15.1 Å². The Morgan fingerprint density at radius 2 is 1.81 bits per heavy atom. The van der Waals surface area contributed by atoms with Gasteiger partial charge in [-0.05, 0) is 29.8 Å². The van der Waals surface area contributed by atoms with Gasteiger partial charge in [-0.15, -0.1) is 10.2 Å². The molecule has 1 saturated heterocycles. The van der Waals surface area contributed by atoms with Gasteiger partial charge in [-0.3, -0.25) is 4.79 Å². The van der Waals surface area contributed by atoms with E-state index in [0.29, 0.717) is 18.1 Å². The van der Waals surface area contributed by atoms with Gasteiger partial charge in [-0.2, -0.15) is 0 Å². The van der Waals surface area contributed by atoms with Gasteiger partial charge in [0.1, 0.15) is 0 Å². The van der Waals surface area contributed by atoms with Gasteiger partial charge < -0.3 is 14.7 Å². The molecular weight excluding hydrogens is 350 g/mol. The minimum atomic E-state index is -0.00129. The van der Waals surface area contributed by atoms with Gasteiger partial charge in [-0.1, -0.05) is 29.8 Å². The van der Waals surface area contributed by atoms with Gasteiger partial charge in [0.05, 0.1) is 0 Å². The zero-order chi connectivity index (χ0) is 18.5. The third kappa shape index (κ3) is 4.32. The molecular formula is C19H22ClN5O. The van der Waals surface area contributed by atoms with Crippen LogP contribution in [0.1, 0.15) is 5.56 Å². The van der Waals surface area contributed by atoms with Crippen LogP contribution in [0.25, 0.3) is 6.08 Å². The Morgan fingerprint density at radius 1 is 1.08 bits per heavy atom. The molecule has 136 valence electrons. The van der Waals surface area contributed by atoms with E-state index in [1.165, 1.54) is 0 Å². The van der Waals surface area contributed by atoms with Crippen molar-refractivity contribution >= 4 is 35.2 Å². The van der Waals surface area contributed by atoms with Crippen LogP contribution in [0.4, 0.5) is 11.6 Å². The average molecular weight is 372 g/mol. The first-order valence-corrected chi connectivity index (χ1v) is 8.90. The maximum atomic E-state index is 12.4. The zero-order valence-corrected chi connectivity index (χ0v) is 15.7. The predicted octanol–water partition coefficient (Wildman–Crippen LogP) is 2.56. The highest BCUT2D eigenvalue weighted by Crippen LogP contribution is 2.18. The Bertz CT molecular complexity index is 783. The Balaban J connectivity index is 1.56. The van der Waals surface area contributed by atoms with Gasteiger partial charge in [0.15, 0.2) is 11.6 Å².